The van der Waals surface area contributed by atoms with Crippen molar-refractivity contribution < 1.29 is 9.47 Å². The van der Waals surface area contributed by atoms with Crippen molar-refractivity contribution in [3.8, 4) is 11.5 Å². The molecule has 0 bridgehead atoms. The normalized spacial score (nSPS) is 27.0. The summed E-state index contributed by atoms with van der Waals surface area (Å²) in [7, 11) is 3.48. The van der Waals surface area contributed by atoms with Crippen LogP contribution in [0.25, 0.3) is 0 Å². The van der Waals surface area contributed by atoms with Crippen LogP contribution in [-0.4, -0.2) is 31.2 Å². The van der Waals surface area contributed by atoms with Crippen molar-refractivity contribution in [3.63, 3.8) is 0 Å². The lowest BCUT2D eigenvalue weighted by Crippen LogP contribution is -2.42. The lowest BCUT2D eigenvalue weighted by molar-refractivity contribution is 0.183. The predicted octanol–water partition coefficient (Wildman–Crippen LogP) is 6.51. The molecule has 1 saturated heterocycles. The lowest BCUT2D eigenvalue weighted by atomic mass is 9.77. The van der Waals surface area contributed by atoms with E-state index in [1.54, 1.807) is 25.5 Å². The van der Waals surface area contributed by atoms with Crippen LogP contribution in [0.15, 0.2) is 35.6 Å². The van der Waals surface area contributed by atoms with Gasteiger partial charge in [-0.2, -0.15) is 0 Å². The molecule has 0 saturated carbocycles. The van der Waals surface area contributed by atoms with Crippen molar-refractivity contribution in [2.24, 2.45) is 17.8 Å². The second-order valence-corrected chi connectivity index (χ2v) is 11.2. The third kappa shape index (κ3) is 3.58. The van der Waals surface area contributed by atoms with Gasteiger partial charge in [0.2, 0.25) is 0 Å². The average molecular weight is 424 g/mol. The first-order valence-electron chi connectivity index (χ1n) is 12.1. The Hall–Kier alpha value is -1.90. The van der Waals surface area contributed by atoms with Crippen molar-refractivity contribution in [1.82, 2.24) is 4.90 Å². The van der Waals surface area contributed by atoms with Crippen LogP contribution < -0.4 is 9.47 Å². The summed E-state index contributed by atoms with van der Waals surface area (Å²) in [5.41, 5.74) is 6.40. The summed E-state index contributed by atoms with van der Waals surface area (Å²) in [5, 5.41) is 0. The van der Waals surface area contributed by atoms with Crippen molar-refractivity contribution in [2.45, 2.75) is 78.2 Å². The van der Waals surface area contributed by atoms with Crippen molar-refractivity contribution in [1.29, 1.82) is 0 Å². The van der Waals surface area contributed by atoms with Crippen LogP contribution in [-0.2, 0) is 11.8 Å². The van der Waals surface area contributed by atoms with E-state index in [1.807, 2.05) is 0 Å². The fourth-order valence-electron chi connectivity index (χ4n) is 6.57. The van der Waals surface area contributed by atoms with E-state index in [1.165, 1.54) is 24.0 Å². The maximum Gasteiger partial charge on any atom is 0.161 e. The molecule has 3 aliphatic rings. The van der Waals surface area contributed by atoms with E-state index < -0.39 is 0 Å². The van der Waals surface area contributed by atoms with E-state index in [2.05, 4.69) is 70.7 Å². The summed E-state index contributed by atoms with van der Waals surface area (Å²) >= 11 is 0. The van der Waals surface area contributed by atoms with Gasteiger partial charge in [0.05, 0.1) is 14.2 Å². The van der Waals surface area contributed by atoms with Gasteiger partial charge in [0.25, 0.3) is 0 Å². The number of hydrogen-bond donors (Lipinski definition) is 0. The lowest BCUT2D eigenvalue weighted by Gasteiger charge is -2.43. The van der Waals surface area contributed by atoms with E-state index in [9.17, 15) is 0 Å². The minimum Gasteiger partial charge on any atom is -0.493 e. The quantitative estimate of drug-likeness (QED) is 0.538. The van der Waals surface area contributed by atoms with Gasteiger partial charge in [0, 0.05) is 29.1 Å². The second-order valence-electron chi connectivity index (χ2n) is 11.2. The van der Waals surface area contributed by atoms with Crippen LogP contribution in [0.4, 0.5) is 0 Å². The molecule has 1 heterocycles. The third-order valence-corrected chi connectivity index (χ3v) is 8.07. The molecule has 1 aromatic rings. The van der Waals surface area contributed by atoms with E-state index in [-0.39, 0.29) is 11.0 Å². The van der Waals surface area contributed by atoms with Gasteiger partial charge < -0.3 is 14.4 Å². The van der Waals surface area contributed by atoms with Gasteiger partial charge in [0.15, 0.2) is 11.5 Å². The molecule has 2 atom stereocenters. The highest BCUT2D eigenvalue weighted by atomic mass is 16.5. The Kier molecular flexibility index (Phi) is 5.69. The Morgan fingerprint density at radius 1 is 1.03 bits per heavy atom. The second kappa shape index (κ2) is 7.90. The molecule has 0 radical (unpaired) electrons. The molecule has 2 unspecified atom stereocenters. The van der Waals surface area contributed by atoms with Crippen molar-refractivity contribution in [2.75, 3.05) is 20.8 Å². The first-order valence-corrected chi connectivity index (χ1v) is 12.1. The molecule has 0 amide bonds. The topological polar surface area (TPSA) is 21.7 Å². The van der Waals surface area contributed by atoms with Crippen LogP contribution in [0.5, 0.6) is 11.5 Å². The summed E-state index contributed by atoms with van der Waals surface area (Å²) in [5.74, 6) is 3.50. The number of aryl methyl sites for hydroxylation is 1. The number of likely N-dealkylation sites (tertiary alicyclic amines) is 1. The molecule has 170 valence electrons. The van der Waals surface area contributed by atoms with Crippen molar-refractivity contribution in [3.05, 3.63) is 46.7 Å². The Morgan fingerprint density at radius 3 is 2.32 bits per heavy atom. The zero-order valence-corrected chi connectivity index (χ0v) is 20.8. The largest absolute Gasteiger partial charge is 0.493 e. The van der Waals surface area contributed by atoms with Gasteiger partial charge in [-0.15, -0.1) is 0 Å². The first kappa shape index (κ1) is 22.3. The number of rotatable bonds is 5. The molecule has 1 fully saturated rings. The molecule has 3 nitrogen and oxygen atoms in total. The summed E-state index contributed by atoms with van der Waals surface area (Å²) in [6.45, 7) is 15.5. The fraction of sp³-hybridized carbons (Fsp3) is 0.643. The van der Waals surface area contributed by atoms with Crippen LogP contribution in [0.3, 0.4) is 0 Å². The van der Waals surface area contributed by atoms with E-state index in [4.69, 9.17) is 9.47 Å². The Morgan fingerprint density at radius 2 is 1.71 bits per heavy atom. The zero-order chi connectivity index (χ0) is 22.6. The SMILES string of the molecule is COc1cc2c(cc1OC)C1(CC2)CN(C2=C(C(C)C)C=CCC2C(C)C)C(C)(C)C1. The first-order chi connectivity index (χ1) is 14.6. The number of ether oxygens (including phenoxy) is 2. The standard InChI is InChI=1S/C28H41NO2/c1-18(2)21-10-9-11-22(19(3)4)26(21)29-17-28(16-27(29,5)6)13-12-20-14-24(30-7)25(31-8)15-23(20)28/h9-10,14-15,18-19,22H,11-13,16-17H2,1-8H3. The Labute approximate surface area is 189 Å². The minimum atomic E-state index is 0.128. The number of benzene rings is 1. The molecule has 1 aliphatic heterocycles. The molecule has 2 aliphatic carbocycles. The smallest absolute Gasteiger partial charge is 0.161 e. The number of methoxy groups -OCH3 is 2. The van der Waals surface area contributed by atoms with E-state index in [0.29, 0.717) is 17.8 Å². The minimum absolute atomic E-state index is 0.128. The highest BCUT2D eigenvalue weighted by Gasteiger charge is 2.53. The molecule has 0 N–H and O–H groups in total. The number of hydrogen-bond acceptors (Lipinski definition) is 3. The van der Waals surface area contributed by atoms with E-state index >= 15 is 0 Å². The summed E-state index contributed by atoms with van der Waals surface area (Å²) in [6.07, 6.45) is 9.51. The van der Waals surface area contributed by atoms with Crippen LogP contribution in [0, 0.1) is 17.8 Å². The van der Waals surface area contributed by atoms with Gasteiger partial charge in [-0.1, -0.05) is 39.8 Å². The van der Waals surface area contributed by atoms with Crippen LogP contribution >= 0.6 is 0 Å². The zero-order valence-electron chi connectivity index (χ0n) is 20.8. The highest BCUT2D eigenvalue weighted by Crippen LogP contribution is 2.55. The van der Waals surface area contributed by atoms with Crippen molar-refractivity contribution >= 4 is 0 Å². The summed E-state index contributed by atoms with van der Waals surface area (Å²) in [6, 6.07) is 4.50. The number of nitrogens with zero attached hydrogens (tertiary/aromatic N) is 1. The summed E-state index contributed by atoms with van der Waals surface area (Å²) < 4.78 is 11.3. The van der Waals surface area contributed by atoms with Gasteiger partial charge in [-0.05, 0) is 80.2 Å². The molecule has 1 aromatic carbocycles. The van der Waals surface area contributed by atoms with Gasteiger partial charge in [-0.3, -0.25) is 0 Å². The molecule has 4 rings (SSSR count). The highest BCUT2D eigenvalue weighted by molar-refractivity contribution is 5.53. The van der Waals surface area contributed by atoms with Gasteiger partial charge >= 0.3 is 0 Å². The van der Waals surface area contributed by atoms with Crippen LogP contribution in [0.1, 0.15) is 71.9 Å². The number of allylic oxidation sites excluding steroid dienone is 4. The molecule has 1 spiro atoms. The molecule has 31 heavy (non-hydrogen) atoms. The van der Waals surface area contributed by atoms with Gasteiger partial charge in [-0.25, -0.2) is 0 Å². The summed E-state index contributed by atoms with van der Waals surface area (Å²) in [4.78, 5) is 2.81. The van der Waals surface area contributed by atoms with E-state index in [0.717, 1.165) is 30.9 Å². The van der Waals surface area contributed by atoms with Gasteiger partial charge in [0.1, 0.15) is 0 Å². The maximum atomic E-state index is 5.70. The molecular weight excluding hydrogens is 382 g/mol. The molecule has 0 aromatic heterocycles. The predicted molar refractivity (Wildman–Crippen MR) is 129 cm³/mol. The van der Waals surface area contributed by atoms with Crippen LogP contribution in [0.2, 0.25) is 0 Å². The average Bonchev–Trinajstić information content (AvgIpc) is 3.21. The Bertz CT molecular complexity index is 908. The molecule has 3 heteroatoms. The monoisotopic (exact) mass is 423 g/mol. The fourth-order valence-corrected chi connectivity index (χ4v) is 6.57. The third-order valence-electron chi connectivity index (χ3n) is 8.07. The molecular formula is C28H41NO2. The number of fused-ring (bicyclic) bond motifs is 2. The maximum absolute atomic E-state index is 5.70. The Balaban J connectivity index is 1.81.